The van der Waals surface area contributed by atoms with Gasteiger partial charge in [0.25, 0.3) is 0 Å². The van der Waals surface area contributed by atoms with Crippen molar-refractivity contribution in [3.63, 3.8) is 0 Å². The molecule has 2 aromatic carbocycles. The van der Waals surface area contributed by atoms with Crippen LogP contribution in [0.1, 0.15) is 0 Å². The Bertz CT molecular complexity index is 1110. The summed E-state index contributed by atoms with van der Waals surface area (Å²) in [4.78, 5) is 4.39. The zero-order valence-corrected chi connectivity index (χ0v) is 14.5. The van der Waals surface area contributed by atoms with Gasteiger partial charge < -0.3 is 0 Å². The Morgan fingerprint density at radius 2 is 1.92 bits per heavy atom. The lowest BCUT2D eigenvalue weighted by Gasteiger charge is -2.11. The lowest BCUT2D eigenvalue weighted by Crippen LogP contribution is -1.99. The minimum atomic E-state index is 0.479. The molecule has 0 radical (unpaired) electrons. The number of hydrogen-bond acceptors (Lipinski definition) is 3. The van der Waals surface area contributed by atoms with Crippen LogP contribution in [0.5, 0.6) is 0 Å². The first kappa shape index (κ1) is 15.3. The molecule has 0 amide bonds. The van der Waals surface area contributed by atoms with Crippen LogP contribution in [-0.4, -0.2) is 19.7 Å². The maximum Gasteiger partial charge on any atom is 0.200 e. The number of aromatic amines is 1. The first-order valence-corrected chi connectivity index (χ1v) is 8.28. The summed E-state index contributed by atoms with van der Waals surface area (Å²) >= 11 is 17.8. The number of benzene rings is 2. The quantitative estimate of drug-likeness (QED) is 0.475. The Morgan fingerprint density at radius 1 is 1.04 bits per heavy atom. The molecule has 4 aromatic rings. The Hall–Kier alpha value is -2.21. The van der Waals surface area contributed by atoms with Crippen molar-refractivity contribution in [1.82, 2.24) is 19.7 Å². The van der Waals surface area contributed by atoms with E-state index in [1.54, 1.807) is 18.3 Å². The average Bonchev–Trinajstić information content (AvgIpc) is 2.95. The van der Waals surface area contributed by atoms with Gasteiger partial charge in [0.05, 0.1) is 16.2 Å². The summed E-state index contributed by atoms with van der Waals surface area (Å²) in [6, 6.07) is 15.0. The highest BCUT2D eigenvalue weighted by molar-refractivity contribution is 7.71. The minimum absolute atomic E-state index is 0.479. The van der Waals surface area contributed by atoms with Crippen LogP contribution in [0.25, 0.3) is 28.0 Å². The molecule has 4 rings (SSSR count). The van der Waals surface area contributed by atoms with E-state index < -0.39 is 0 Å². The highest BCUT2D eigenvalue weighted by Crippen LogP contribution is 2.32. The molecular weight excluding hydrogens is 363 g/mol. The van der Waals surface area contributed by atoms with Crippen LogP contribution in [-0.2, 0) is 0 Å². The fraction of sp³-hybridized carbons (Fsp3) is 0. The maximum atomic E-state index is 6.35. The van der Waals surface area contributed by atoms with E-state index in [0.29, 0.717) is 20.6 Å². The van der Waals surface area contributed by atoms with Crippen LogP contribution in [0.2, 0.25) is 10.0 Å². The summed E-state index contributed by atoms with van der Waals surface area (Å²) < 4.78 is 2.33. The van der Waals surface area contributed by atoms with Crippen molar-refractivity contribution in [1.29, 1.82) is 0 Å². The van der Waals surface area contributed by atoms with Gasteiger partial charge in [-0.15, -0.1) is 0 Å². The van der Waals surface area contributed by atoms with Gasteiger partial charge in [-0.05, 0) is 54.7 Å². The molecule has 1 N–H and O–H groups in total. The molecule has 0 saturated carbocycles. The molecule has 0 aliphatic rings. The smallest absolute Gasteiger partial charge is 0.200 e. The van der Waals surface area contributed by atoms with Crippen molar-refractivity contribution in [2.75, 3.05) is 0 Å². The number of aromatic nitrogens is 4. The van der Waals surface area contributed by atoms with Crippen molar-refractivity contribution < 1.29 is 0 Å². The molecule has 0 unspecified atom stereocenters. The third kappa shape index (κ3) is 2.51. The standard InChI is InChI=1S/C17H10Cl2N4S/c18-10-6-7-11(13(19)9-10)16-21-22-17(24)23(16)15-5-1-4-14-12(15)3-2-8-20-14/h1-9H,(H,22,24). The first-order chi connectivity index (χ1) is 11.6. The Labute approximate surface area is 152 Å². The molecule has 2 heterocycles. The molecule has 0 saturated heterocycles. The Kier molecular flexibility index (Phi) is 3.84. The first-order valence-electron chi connectivity index (χ1n) is 7.12. The van der Waals surface area contributed by atoms with E-state index in [9.17, 15) is 0 Å². The van der Waals surface area contributed by atoms with E-state index in [1.807, 2.05) is 41.0 Å². The molecule has 118 valence electrons. The summed E-state index contributed by atoms with van der Waals surface area (Å²) in [5.41, 5.74) is 2.51. The topological polar surface area (TPSA) is 46.5 Å². The third-order valence-corrected chi connectivity index (χ3v) is 4.53. The summed E-state index contributed by atoms with van der Waals surface area (Å²) in [7, 11) is 0. The molecule has 0 aliphatic heterocycles. The maximum absolute atomic E-state index is 6.35. The van der Waals surface area contributed by atoms with Crippen LogP contribution in [0.3, 0.4) is 0 Å². The SMILES string of the molecule is S=c1[nH]nc(-c2ccc(Cl)cc2Cl)n1-c1cccc2ncccc12. The molecule has 0 bridgehead atoms. The number of rotatable bonds is 2. The van der Waals surface area contributed by atoms with Crippen molar-refractivity contribution >= 4 is 46.3 Å². The molecule has 0 fully saturated rings. The highest BCUT2D eigenvalue weighted by atomic mass is 35.5. The van der Waals surface area contributed by atoms with Gasteiger partial charge in [0.2, 0.25) is 0 Å². The normalized spacial score (nSPS) is 11.1. The molecule has 0 atom stereocenters. The number of nitrogens with one attached hydrogen (secondary N) is 1. The fourth-order valence-electron chi connectivity index (χ4n) is 2.65. The third-order valence-electron chi connectivity index (χ3n) is 3.71. The molecule has 2 aromatic heterocycles. The largest absolute Gasteiger partial charge is 0.267 e. The lowest BCUT2D eigenvalue weighted by atomic mass is 10.1. The summed E-state index contributed by atoms with van der Waals surface area (Å²) in [6.07, 6.45) is 1.76. The molecule has 0 aliphatic carbocycles. The van der Waals surface area contributed by atoms with Gasteiger partial charge in [-0.3, -0.25) is 14.6 Å². The van der Waals surface area contributed by atoms with E-state index in [4.69, 9.17) is 35.4 Å². The van der Waals surface area contributed by atoms with Crippen LogP contribution < -0.4 is 0 Å². The summed E-state index contributed by atoms with van der Waals surface area (Å²) in [6.45, 7) is 0. The van der Waals surface area contributed by atoms with Gasteiger partial charge >= 0.3 is 0 Å². The number of hydrogen-bond donors (Lipinski definition) is 1. The fourth-order valence-corrected chi connectivity index (χ4v) is 3.38. The second kappa shape index (κ2) is 6.02. The number of halogens is 2. The van der Waals surface area contributed by atoms with Crippen molar-refractivity contribution in [3.05, 3.63) is 69.5 Å². The van der Waals surface area contributed by atoms with E-state index in [1.165, 1.54) is 0 Å². The van der Waals surface area contributed by atoms with Gasteiger partial charge in [0.15, 0.2) is 10.6 Å². The predicted octanol–water partition coefficient (Wildman–Crippen LogP) is 5.45. The highest BCUT2D eigenvalue weighted by Gasteiger charge is 2.15. The van der Waals surface area contributed by atoms with Crippen molar-refractivity contribution in [3.8, 4) is 17.1 Å². The van der Waals surface area contributed by atoms with Crippen LogP contribution >= 0.6 is 35.4 Å². The van der Waals surface area contributed by atoms with Gasteiger partial charge in [-0.25, -0.2) is 0 Å². The van der Waals surface area contributed by atoms with Crippen molar-refractivity contribution in [2.24, 2.45) is 0 Å². The van der Waals surface area contributed by atoms with Crippen LogP contribution in [0.15, 0.2) is 54.7 Å². The van der Waals surface area contributed by atoms with E-state index in [0.717, 1.165) is 22.2 Å². The molecule has 7 heteroatoms. The summed E-state index contributed by atoms with van der Waals surface area (Å²) in [5.74, 6) is 0.623. The molecule has 24 heavy (non-hydrogen) atoms. The average molecular weight is 373 g/mol. The second-order valence-electron chi connectivity index (χ2n) is 5.16. The predicted molar refractivity (Wildman–Crippen MR) is 99.5 cm³/mol. The Morgan fingerprint density at radius 3 is 2.75 bits per heavy atom. The monoisotopic (exact) mass is 372 g/mol. The number of fused-ring (bicyclic) bond motifs is 1. The molecule has 0 spiro atoms. The van der Waals surface area contributed by atoms with Gasteiger partial charge in [-0.1, -0.05) is 29.3 Å². The second-order valence-corrected chi connectivity index (χ2v) is 6.39. The van der Waals surface area contributed by atoms with Gasteiger partial charge in [0.1, 0.15) is 0 Å². The van der Waals surface area contributed by atoms with Gasteiger partial charge in [-0.2, -0.15) is 5.10 Å². The van der Waals surface area contributed by atoms with E-state index >= 15 is 0 Å². The van der Waals surface area contributed by atoms with Crippen LogP contribution in [0.4, 0.5) is 0 Å². The molecule has 4 nitrogen and oxygen atoms in total. The van der Waals surface area contributed by atoms with E-state index in [-0.39, 0.29) is 0 Å². The Balaban J connectivity index is 2.03. The van der Waals surface area contributed by atoms with Gasteiger partial charge in [0, 0.05) is 22.2 Å². The minimum Gasteiger partial charge on any atom is -0.267 e. The summed E-state index contributed by atoms with van der Waals surface area (Å²) in [5, 5.41) is 9.26. The van der Waals surface area contributed by atoms with E-state index in [2.05, 4.69) is 15.2 Å². The number of nitrogens with zero attached hydrogens (tertiary/aromatic N) is 3. The molecular formula is C17H10Cl2N4S. The zero-order valence-electron chi connectivity index (χ0n) is 12.2. The van der Waals surface area contributed by atoms with Crippen molar-refractivity contribution in [2.45, 2.75) is 0 Å². The number of pyridine rings is 1. The van der Waals surface area contributed by atoms with Crippen LogP contribution in [0, 0.1) is 4.77 Å². The number of H-pyrrole nitrogens is 1. The zero-order chi connectivity index (χ0) is 16.7. The lowest BCUT2D eigenvalue weighted by molar-refractivity contribution is 1.04.